The predicted octanol–water partition coefficient (Wildman–Crippen LogP) is 2.76. The fourth-order valence-corrected chi connectivity index (χ4v) is 2.09. The molecule has 0 aliphatic carbocycles. The molecule has 21 heavy (non-hydrogen) atoms. The minimum absolute atomic E-state index is 0.123. The maximum absolute atomic E-state index is 12.2. The smallest absolute Gasteiger partial charge is 0.255 e. The van der Waals surface area contributed by atoms with Crippen molar-refractivity contribution in [2.24, 2.45) is 5.73 Å². The molecule has 0 bridgehead atoms. The number of anilines is 1. The fourth-order valence-electron chi connectivity index (χ4n) is 2.09. The normalized spacial score (nSPS) is 10.2. The molecule has 3 N–H and O–H groups in total. The summed E-state index contributed by atoms with van der Waals surface area (Å²) in [5, 5.41) is 2.91. The molecule has 0 saturated heterocycles. The lowest BCUT2D eigenvalue weighted by Gasteiger charge is -2.10. The van der Waals surface area contributed by atoms with Crippen molar-refractivity contribution in [1.29, 1.82) is 0 Å². The number of rotatable bonds is 5. The standard InChI is InChI=1S/C17H20N2O2/c1-12-11-15(21-2)7-8-16(12)19-17(20)14-5-3-13(4-6-14)9-10-18/h3-8,11H,9-10,18H2,1-2H3,(H,19,20). The van der Waals surface area contributed by atoms with Crippen molar-refractivity contribution in [3.63, 3.8) is 0 Å². The first-order valence-corrected chi connectivity index (χ1v) is 6.89. The number of methoxy groups -OCH3 is 1. The molecule has 0 spiro atoms. The highest BCUT2D eigenvalue weighted by Gasteiger charge is 2.08. The van der Waals surface area contributed by atoms with Crippen LogP contribution in [0.5, 0.6) is 5.75 Å². The summed E-state index contributed by atoms with van der Waals surface area (Å²) in [5.74, 6) is 0.652. The number of carbonyl (C=O) groups excluding carboxylic acids is 1. The van der Waals surface area contributed by atoms with Gasteiger partial charge in [0.2, 0.25) is 0 Å². The summed E-state index contributed by atoms with van der Waals surface area (Å²) < 4.78 is 5.15. The Morgan fingerprint density at radius 2 is 1.90 bits per heavy atom. The number of amides is 1. The van der Waals surface area contributed by atoms with E-state index in [0.717, 1.165) is 29.0 Å². The van der Waals surface area contributed by atoms with Crippen LogP contribution in [0.15, 0.2) is 42.5 Å². The minimum Gasteiger partial charge on any atom is -0.497 e. The Hall–Kier alpha value is -2.33. The average Bonchev–Trinajstić information content (AvgIpc) is 2.50. The topological polar surface area (TPSA) is 64.3 Å². The summed E-state index contributed by atoms with van der Waals surface area (Å²) in [6.45, 7) is 2.54. The predicted molar refractivity (Wildman–Crippen MR) is 84.9 cm³/mol. The maximum atomic E-state index is 12.2. The third-order valence-electron chi connectivity index (χ3n) is 3.33. The van der Waals surface area contributed by atoms with Gasteiger partial charge in [-0.3, -0.25) is 4.79 Å². The van der Waals surface area contributed by atoms with E-state index in [1.54, 1.807) is 7.11 Å². The summed E-state index contributed by atoms with van der Waals surface area (Å²) >= 11 is 0. The molecule has 0 saturated carbocycles. The molecule has 2 rings (SSSR count). The second-order valence-corrected chi connectivity index (χ2v) is 4.87. The Morgan fingerprint density at radius 3 is 2.48 bits per heavy atom. The lowest BCUT2D eigenvalue weighted by molar-refractivity contribution is 0.102. The van der Waals surface area contributed by atoms with Gasteiger partial charge in [0.15, 0.2) is 0 Å². The van der Waals surface area contributed by atoms with Gasteiger partial charge in [-0.1, -0.05) is 12.1 Å². The van der Waals surface area contributed by atoms with Crippen LogP contribution >= 0.6 is 0 Å². The van der Waals surface area contributed by atoms with Crippen LogP contribution < -0.4 is 15.8 Å². The Labute approximate surface area is 124 Å². The van der Waals surface area contributed by atoms with Crippen molar-refractivity contribution in [3.8, 4) is 5.75 Å². The highest BCUT2D eigenvalue weighted by Crippen LogP contribution is 2.21. The van der Waals surface area contributed by atoms with Gasteiger partial charge < -0.3 is 15.8 Å². The van der Waals surface area contributed by atoms with Gasteiger partial charge in [-0.2, -0.15) is 0 Å². The van der Waals surface area contributed by atoms with Crippen LogP contribution in [-0.4, -0.2) is 19.6 Å². The van der Waals surface area contributed by atoms with Gasteiger partial charge in [0, 0.05) is 11.3 Å². The van der Waals surface area contributed by atoms with E-state index >= 15 is 0 Å². The number of ether oxygens (including phenoxy) is 1. The second-order valence-electron chi connectivity index (χ2n) is 4.87. The van der Waals surface area contributed by atoms with E-state index in [4.69, 9.17) is 10.5 Å². The van der Waals surface area contributed by atoms with E-state index in [1.165, 1.54) is 0 Å². The summed E-state index contributed by atoms with van der Waals surface area (Å²) in [4.78, 5) is 12.2. The average molecular weight is 284 g/mol. The fraction of sp³-hybridized carbons (Fsp3) is 0.235. The molecule has 2 aromatic carbocycles. The molecule has 0 aliphatic heterocycles. The Balaban J connectivity index is 2.10. The largest absolute Gasteiger partial charge is 0.497 e. The van der Waals surface area contributed by atoms with Crippen molar-refractivity contribution in [2.45, 2.75) is 13.3 Å². The zero-order valence-corrected chi connectivity index (χ0v) is 12.3. The molecule has 4 heteroatoms. The van der Waals surface area contributed by atoms with Crippen LogP contribution in [0, 0.1) is 6.92 Å². The first-order valence-electron chi connectivity index (χ1n) is 6.89. The van der Waals surface area contributed by atoms with Crippen molar-refractivity contribution >= 4 is 11.6 Å². The molecule has 0 heterocycles. The van der Waals surface area contributed by atoms with Gasteiger partial charge in [-0.25, -0.2) is 0 Å². The molecule has 0 fully saturated rings. The Kier molecular flexibility index (Phi) is 4.95. The molecular formula is C17H20N2O2. The van der Waals surface area contributed by atoms with E-state index < -0.39 is 0 Å². The molecule has 0 radical (unpaired) electrons. The summed E-state index contributed by atoms with van der Waals surface area (Å²) in [7, 11) is 1.62. The molecule has 0 unspecified atom stereocenters. The molecule has 110 valence electrons. The lowest BCUT2D eigenvalue weighted by atomic mass is 10.1. The summed E-state index contributed by atoms with van der Waals surface area (Å²) in [5.41, 5.74) is 9.02. The van der Waals surface area contributed by atoms with Gasteiger partial charge in [0.1, 0.15) is 5.75 Å². The maximum Gasteiger partial charge on any atom is 0.255 e. The van der Waals surface area contributed by atoms with Crippen LogP contribution in [0.2, 0.25) is 0 Å². The van der Waals surface area contributed by atoms with Crippen LogP contribution in [-0.2, 0) is 6.42 Å². The lowest BCUT2D eigenvalue weighted by Crippen LogP contribution is -2.13. The minimum atomic E-state index is -0.123. The van der Waals surface area contributed by atoms with E-state index in [2.05, 4.69) is 5.32 Å². The van der Waals surface area contributed by atoms with Gasteiger partial charge in [0.05, 0.1) is 7.11 Å². The second kappa shape index (κ2) is 6.90. The molecule has 0 aliphatic rings. The van der Waals surface area contributed by atoms with E-state index in [-0.39, 0.29) is 5.91 Å². The van der Waals surface area contributed by atoms with E-state index in [0.29, 0.717) is 12.1 Å². The number of aryl methyl sites for hydroxylation is 1. The van der Waals surface area contributed by atoms with Gasteiger partial charge in [-0.05, 0) is 61.3 Å². The molecule has 4 nitrogen and oxygen atoms in total. The third kappa shape index (κ3) is 3.83. The van der Waals surface area contributed by atoms with Crippen LogP contribution in [0.25, 0.3) is 0 Å². The highest BCUT2D eigenvalue weighted by atomic mass is 16.5. The number of carbonyl (C=O) groups is 1. The Morgan fingerprint density at radius 1 is 1.19 bits per heavy atom. The summed E-state index contributed by atoms with van der Waals surface area (Å²) in [6, 6.07) is 13.1. The zero-order chi connectivity index (χ0) is 15.2. The van der Waals surface area contributed by atoms with E-state index in [1.807, 2.05) is 49.4 Å². The van der Waals surface area contributed by atoms with Gasteiger partial charge in [-0.15, -0.1) is 0 Å². The first-order chi connectivity index (χ1) is 10.1. The quantitative estimate of drug-likeness (QED) is 0.887. The number of nitrogens with one attached hydrogen (secondary N) is 1. The van der Waals surface area contributed by atoms with E-state index in [9.17, 15) is 4.79 Å². The number of hydrogen-bond acceptors (Lipinski definition) is 3. The van der Waals surface area contributed by atoms with Crippen molar-refractivity contribution in [2.75, 3.05) is 19.0 Å². The van der Waals surface area contributed by atoms with Crippen LogP contribution in [0.3, 0.4) is 0 Å². The SMILES string of the molecule is COc1ccc(NC(=O)c2ccc(CCN)cc2)c(C)c1. The monoisotopic (exact) mass is 284 g/mol. The Bertz CT molecular complexity index is 621. The molecular weight excluding hydrogens is 264 g/mol. The number of nitrogens with two attached hydrogens (primary N) is 1. The summed E-state index contributed by atoms with van der Waals surface area (Å²) in [6.07, 6.45) is 0.819. The van der Waals surface area contributed by atoms with Crippen LogP contribution in [0.1, 0.15) is 21.5 Å². The molecule has 0 aromatic heterocycles. The van der Waals surface area contributed by atoms with Crippen LogP contribution in [0.4, 0.5) is 5.69 Å². The molecule has 2 aromatic rings. The third-order valence-corrected chi connectivity index (χ3v) is 3.33. The zero-order valence-electron chi connectivity index (χ0n) is 12.3. The van der Waals surface area contributed by atoms with Crippen molar-refractivity contribution in [3.05, 3.63) is 59.2 Å². The highest BCUT2D eigenvalue weighted by molar-refractivity contribution is 6.04. The van der Waals surface area contributed by atoms with Crippen molar-refractivity contribution < 1.29 is 9.53 Å². The first kappa shape index (κ1) is 15.1. The van der Waals surface area contributed by atoms with Gasteiger partial charge >= 0.3 is 0 Å². The number of benzene rings is 2. The number of hydrogen-bond donors (Lipinski definition) is 2. The molecule has 1 amide bonds. The van der Waals surface area contributed by atoms with Gasteiger partial charge in [0.25, 0.3) is 5.91 Å². The van der Waals surface area contributed by atoms with Crippen molar-refractivity contribution in [1.82, 2.24) is 0 Å². The molecule has 0 atom stereocenters.